The van der Waals surface area contributed by atoms with Gasteiger partial charge in [0.05, 0.1) is 0 Å². The van der Waals surface area contributed by atoms with Crippen LogP contribution in [-0.2, 0) is 6.54 Å². The Hall–Kier alpha value is -0.570. The van der Waals surface area contributed by atoms with Gasteiger partial charge in [0.2, 0.25) is 0 Å². The summed E-state index contributed by atoms with van der Waals surface area (Å²) in [6.07, 6.45) is 3.80. The van der Waals surface area contributed by atoms with Gasteiger partial charge in [-0.25, -0.2) is 0 Å². The van der Waals surface area contributed by atoms with E-state index in [4.69, 9.17) is 11.6 Å². The molecule has 1 saturated heterocycles. The first-order valence-corrected chi connectivity index (χ1v) is 7.20. The fourth-order valence-corrected chi connectivity index (χ4v) is 2.91. The zero-order valence-electron chi connectivity index (χ0n) is 11.4. The lowest BCUT2D eigenvalue weighted by Crippen LogP contribution is -2.32. The minimum Gasteiger partial charge on any atom is -0.317 e. The minimum atomic E-state index is 0.678. The second-order valence-electron chi connectivity index (χ2n) is 5.34. The van der Waals surface area contributed by atoms with Crippen LogP contribution in [0.2, 0.25) is 5.02 Å². The zero-order chi connectivity index (χ0) is 13.0. The van der Waals surface area contributed by atoms with Crippen molar-refractivity contribution >= 4 is 11.6 Å². The van der Waals surface area contributed by atoms with Crippen LogP contribution < -0.4 is 5.32 Å². The Morgan fingerprint density at radius 2 is 2.17 bits per heavy atom. The second-order valence-corrected chi connectivity index (χ2v) is 5.75. The lowest BCUT2D eigenvalue weighted by molar-refractivity contribution is 0.216. The maximum absolute atomic E-state index is 6.31. The van der Waals surface area contributed by atoms with E-state index in [1.807, 2.05) is 0 Å². The Morgan fingerprint density at radius 3 is 2.94 bits per heavy atom. The van der Waals surface area contributed by atoms with Gasteiger partial charge in [0.25, 0.3) is 0 Å². The average molecular weight is 267 g/mol. The molecule has 3 heteroatoms. The molecule has 0 radical (unpaired) electrons. The molecule has 1 unspecified atom stereocenters. The molecule has 0 saturated carbocycles. The Labute approximate surface area is 115 Å². The standard InChI is InChI=1S/C15H23ClN2/c1-12-5-6-13(15(16)10-12)11-18(2)14-4-3-8-17-9-7-14/h5-6,10,14,17H,3-4,7-9,11H2,1-2H3. The lowest BCUT2D eigenvalue weighted by atomic mass is 10.1. The highest BCUT2D eigenvalue weighted by molar-refractivity contribution is 6.31. The summed E-state index contributed by atoms with van der Waals surface area (Å²) in [5.74, 6) is 0. The summed E-state index contributed by atoms with van der Waals surface area (Å²) in [5, 5.41) is 4.36. The number of aryl methyl sites for hydroxylation is 1. The fraction of sp³-hybridized carbons (Fsp3) is 0.600. The maximum atomic E-state index is 6.31. The van der Waals surface area contributed by atoms with E-state index in [0.717, 1.165) is 24.7 Å². The molecule has 1 atom stereocenters. The van der Waals surface area contributed by atoms with Crippen molar-refractivity contribution in [1.82, 2.24) is 10.2 Å². The Morgan fingerprint density at radius 1 is 1.33 bits per heavy atom. The largest absolute Gasteiger partial charge is 0.317 e. The Bertz CT molecular complexity index is 384. The van der Waals surface area contributed by atoms with E-state index in [9.17, 15) is 0 Å². The smallest absolute Gasteiger partial charge is 0.0453 e. The highest BCUT2D eigenvalue weighted by Crippen LogP contribution is 2.21. The van der Waals surface area contributed by atoms with Crippen LogP contribution in [0.3, 0.4) is 0 Å². The molecule has 1 aliphatic rings. The van der Waals surface area contributed by atoms with Crippen LogP contribution >= 0.6 is 11.6 Å². The summed E-state index contributed by atoms with van der Waals surface area (Å²) in [6.45, 7) is 5.33. The molecule has 1 aliphatic heterocycles. The van der Waals surface area contributed by atoms with Gasteiger partial charge in [-0.3, -0.25) is 4.90 Å². The van der Waals surface area contributed by atoms with Gasteiger partial charge in [0, 0.05) is 17.6 Å². The van der Waals surface area contributed by atoms with Crippen LogP contribution in [0, 0.1) is 6.92 Å². The van der Waals surface area contributed by atoms with Crippen LogP contribution in [-0.4, -0.2) is 31.1 Å². The number of benzene rings is 1. The van der Waals surface area contributed by atoms with Gasteiger partial charge in [0.15, 0.2) is 0 Å². The number of nitrogens with one attached hydrogen (secondary N) is 1. The van der Waals surface area contributed by atoms with E-state index < -0.39 is 0 Å². The molecule has 100 valence electrons. The third-order valence-electron chi connectivity index (χ3n) is 3.80. The first-order valence-electron chi connectivity index (χ1n) is 6.83. The van der Waals surface area contributed by atoms with Crippen LogP contribution in [0.5, 0.6) is 0 Å². The van der Waals surface area contributed by atoms with Crippen molar-refractivity contribution in [2.45, 2.75) is 38.8 Å². The average Bonchev–Trinajstić information content (AvgIpc) is 2.61. The molecular weight excluding hydrogens is 244 g/mol. The summed E-state index contributed by atoms with van der Waals surface area (Å²) in [7, 11) is 2.21. The number of nitrogens with zero attached hydrogens (tertiary/aromatic N) is 1. The molecule has 0 amide bonds. The van der Waals surface area contributed by atoms with Gasteiger partial charge in [-0.15, -0.1) is 0 Å². The lowest BCUT2D eigenvalue weighted by Gasteiger charge is -2.27. The molecule has 0 aliphatic carbocycles. The van der Waals surface area contributed by atoms with Crippen LogP contribution in [0.4, 0.5) is 0 Å². The highest BCUT2D eigenvalue weighted by Gasteiger charge is 2.17. The van der Waals surface area contributed by atoms with E-state index in [1.165, 1.54) is 30.4 Å². The van der Waals surface area contributed by atoms with E-state index >= 15 is 0 Å². The molecule has 2 rings (SSSR count). The van der Waals surface area contributed by atoms with Crippen molar-refractivity contribution in [2.24, 2.45) is 0 Å². The molecule has 1 aromatic carbocycles. The molecule has 0 aromatic heterocycles. The first-order chi connectivity index (χ1) is 8.66. The third kappa shape index (κ3) is 3.71. The van der Waals surface area contributed by atoms with Gasteiger partial charge in [-0.1, -0.05) is 23.7 Å². The molecule has 1 fully saturated rings. The fourth-order valence-electron chi connectivity index (χ4n) is 2.62. The maximum Gasteiger partial charge on any atom is 0.0453 e. The summed E-state index contributed by atoms with van der Waals surface area (Å²) in [5.41, 5.74) is 2.46. The molecule has 1 aromatic rings. The SMILES string of the molecule is Cc1ccc(CN(C)C2CCCNCC2)c(Cl)c1. The normalized spacial score (nSPS) is 21.0. The summed E-state index contributed by atoms with van der Waals surface area (Å²) >= 11 is 6.31. The summed E-state index contributed by atoms with van der Waals surface area (Å²) in [6, 6.07) is 7.03. The third-order valence-corrected chi connectivity index (χ3v) is 4.15. The summed E-state index contributed by atoms with van der Waals surface area (Å²) < 4.78 is 0. The predicted octanol–water partition coefficient (Wildman–Crippen LogP) is 3.22. The molecule has 0 spiro atoms. The molecular formula is C15H23ClN2. The monoisotopic (exact) mass is 266 g/mol. The molecule has 18 heavy (non-hydrogen) atoms. The van der Waals surface area contributed by atoms with Crippen molar-refractivity contribution in [3.05, 3.63) is 34.3 Å². The van der Waals surface area contributed by atoms with Gasteiger partial charge in [-0.2, -0.15) is 0 Å². The van der Waals surface area contributed by atoms with E-state index in [1.54, 1.807) is 0 Å². The predicted molar refractivity (Wildman–Crippen MR) is 78.2 cm³/mol. The number of rotatable bonds is 3. The molecule has 2 nitrogen and oxygen atoms in total. The van der Waals surface area contributed by atoms with Crippen molar-refractivity contribution in [1.29, 1.82) is 0 Å². The zero-order valence-corrected chi connectivity index (χ0v) is 12.1. The number of halogens is 1. The summed E-state index contributed by atoms with van der Waals surface area (Å²) in [4.78, 5) is 2.45. The van der Waals surface area contributed by atoms with E-state index in [2.05, 4.69) is 42.4 Å². The molecule has 0 bridgehead atoms. The quantitative estimate of drug-likeness (QED) is 0.904. The van der Waals surface area contributed by atoms with Crippen LogP contribution in [0.1, 0.15) is 30.4 Å². The number of hydrogen-bond donors (Lipinski definition) is 1. The van der Waals surface area contributed by atoms with Crippen LogP contribution in [0.15, 0.2) is 18.2 Å². The number of hydrogen-bond acceptors (Lipinski definition) is 2. The van der Waals surface area contributed by atoms with Crippen LogP contribution in [0.25, 0.3) is 0 Å². The van der Waals surface area contributed by atoms with Crippen molar-refractivity contribution in [2.75, 3.05) is 20.1 Å². The highest BCUT2D eigenvalue weighted by atomic mass is 35.5. The van der Waals surface area contributed by atoms with Gasteiger partial charge < -0.3 is 5.32 Å². The van der Waals surface area contributed by atoms with Gasteiger partial charge >= 0.3 is 0 Å². The van der Waals surface area contributed by atoms with Crippen molar-refractivity contribution < 1.29 is 0 Å². The topological polar surface area (TPSA) is 15.3 Å². The minimum absolute atomic E-state index is 0.678. The van der Waals surface area contributed by atoms with Gasteiger partial charge in [-0.05, 0) is 63.5 Å². The molecule has 1 N–H and O–H groups in total. The second kappa shape index (κ2) is 6.55. The van der Waals surface area contributed by atoms with E-state index in [-0.39, 0.29) is 0 Å². The van der Waals surface area contributed by atoms with Gasteiger partial charge in [0.1, 0.15) is 0 Å². The van der Waals surface area contributed by atoms with Crippen molar-refractivity contribution in [3.63, 3.8) is 0 Å². The van der Waals surface area contributed by atoms with E-state index in [0.29, 0.717) is 6.04 Å². The molecule has 1 heterocycles. The first kappa shape index (κ1) is 13.9. The van der Waals surface area contributed by atoms with Crippen molar-refractivity contribution in [3.8, 4) is 0 Å². The Kier molecular flexibility index (Phi) is 5.04. The Balaban J connectivity index is 1.98.